The van der Waals surface area contributed by atoms with Crippen LogP contribution in [0, 0.1) is 0 Å². The third-order valence-electron chi connectivity index (χ3n) is 12.5. The lowest BCUT2D eigenvalue weighted by Gasteiger charge is -2.31. The molecule has 2 aliphatic heterocycles. The smallest absolute Gasteiger partial charge is 0.235 e. The van der Waals surface area contributed by atoms with E-state index in [1.807, 2.05) is 49.6 Å². The van der Waals surface area contributed by atoms with Gasteiger partial charge in [0.25, 0.3) is 0 Å². The van der Waals surface area contributed by atoms with Gasteiger partial charge < -0.3 is 0 Å². The third kappa shape index (κ3) is 8.50. The molecule has 66 heavy (non-hydrogen) atoms. The standard InChI is InChI=1S/C54H68N12/c1-49(2,3)33-19-21-39-41(23-33)65(47-59-29-37(30-60-47)53(13,14)15)43(63(39)45-55-25-35(26-56-45)51(7,8)9)44-64(46-57-27-36(28-58-46)52(10,11)12)40-22-20-34(50(4,5)6)24-42(40)66(44)48-61-31-38(32-62-48)54(16,17)18/h19-32H,1-18H3/b44-43+. The van der Waals surface area contributed by atoms with Crippen LogP contribution < -0.4 is 19.6 Å². The molecule has 2 aliphatic rings. The van der Waals surface area contributed by atoms with Crippen molar-refractivity contribution in [3.8, 4) is 0 Å². The highest BCUT2D eigenvalue weighted by atomic mass is 15.5. The summed E-state index contributed by atoms with van der Waals surface area (Å²) in [4.78, 5) is 50.0. The monoisotopic (exact) mass is 885 g/mol. The minimum atomic E-state index is -0.181. The molecule has 4 aromatic heterocycles. The van der Waals surface area contributed by atoms with Crippen molar-refractivity contribution in [2.24, 2.45) is 0 Å². The maximum atomic E-state index is 5.20. The van der Waals surface area contributed by atoms with Crippen molar-refractivity contribution in [2.45, 2.75) is 157 Å². The van der Waals surface area contributed by atoms with Gasteiger partial charge >= 0.3 is 0 Å². The normalized spacial score (nSPS) is 16.0. The molecular weight excluding hydrogens is 817 g/mol. The van der Waals surface area contributed by atoms with E-state index in [-0.39, 0.29) is 32.5 Å². The van der Waals surface area contributed by atoms with Crippen molar-refractivity contribution < 1.29 is 0 Å². The number of anilines is 8. The number of benzene rings is 2. The minimum absolute atomic E-state index is 0.169. The Bertz CT molecular complexity index is 2590. The van der Waals surface area contributed by atoms with Crippen molar-refractivity contribution >= 4 is 46.5 Å². The van der Waals surface area contributed by atoms with E-state index in [1.165, 1.54) is 0 Å². The van der Waals surface area contributed by atoms with E-state index in [1.54, 1.807) is 0 Å². The van der Waals surface area contributed by atoms with Crippen molar-refractivity contribution in [1.82, 2.24) is 39.9 Å². The Balaban J connectivity index is 1.56. The molecule has 0 aliphatic carbocycles. The van der Waals surface area contributed by atoms with E-state index in [9.17, 15) is 0 Å². The number of fused-ring (bicyclic) bond motifs is 2. The Hall–Kier alpha value is -6.30. The number of hydrogen-bond donors (Lipinski definition) is 0. The summed E-state index contributed by atoms with van der Waals surface area (Å²) < 4.78 is 0. The summed E-state index contributed by atoms with van der Waals surface area (Å²) in [7, 11) is 0. The van der Waals surface area contributed by atoms with Crippen LogP contribution >= 0.6 is 0 Å². The predicted octanol–water partition coefficient (Wildman–Crippen LogP) is 13.0. The van der Waals surface area contributed by atoms with Crippen LogP contribution in [-0.2, 0) is 32.5 Å². The number of hydrogen-bond acceptors (Lipinski definition) is 12. The fraction of sp³-hybridized carbons (Fsp3) is 0.444. The average Bonchev–Trinajstić information content (AvgIpc) is 3.74. The Morgan fingerprint density at radius 2 is 0.455 bits per heavy atom. The van der Waals surface area contributed by atoms with Crippen molar-refractivity contribution in [2.75, 3.05) is 19.6 Å². The predicted molar refractivity (Wildman–Crippen MR) is 269 cm³/mol. The number of nitrogens with zero attached hydrogens (tertiary/aromatic N) is 12. The number of aromatic nitrogens is 8. The SMILES string of the molecule is CC(C)(C)c1cnc(N2/C(=C3/N(c4ncc(C(C)(C)C)cn4)c4ccc(C(C)(C)C)cc4N3c3ncc(C(C)(C)C)cn3)N(c3ncc(C(C)(C)C)cn3)c3cc(C(C)(C)C)ccc32)nc1. The number of rotatable bonds is 4. The van der Waals surface area contributed by atoms with Gasteiger partial charge in [0.15, 0.2) is 11.6 Å². The molecule has 0 amide bonds. The highest BCUT2D eigenvalue weighted by Gasteiger charge is 2.48. The van der Waals surface area contributed by atoms with Crippen molar-refractivity contribution in [3.05, 3.63) is 131 Å². The molecule has 8 rings (SSSR count). The highest BCUT2D eigenvalue weighted by molar-refractivity contribution is 5.98. The second kappa shape index (κ2) is 15.7. The molecular formula is C54H68N12. The molecule has 0 unspecified atom stereocenters. The van der Waals surface area contributed by atoms with Crippen LogP contribution in [0.3, 0.4) is 0 Å². The lowest BCUT2D eigenvalue weighted by molar-refractivity contribution is 0.583. The van der Waals surface area contributed by atoms with Crippen LogP contribution in [0.2, 0.25) is 0 Å². The molecule has 344 valence electrons. The summed E-state index contributed by atoms with van der Waals surface area (Å²) in [6.07, 6.45) is 15.5. The van der Waals surface area contributed by atoms with Gasteiger partial charge in [0.2, 0.25) is 23.8 Å². The molecule has 0 bridgehead atoms. The second-order valence-corrected chi connectivity index (χ2v) is 24.0. The average molecular weight is 885 g/mol. The van der Waals surface area contributed by atoms with Crippen LogP contribution in [0.25, 0.3) is 0 Å². The van der Waals surface area contributed by atoms with Crippen LogP contribution in [0.4, 0.5) is 46.5 Å². The lowest BCUT2D eigenvalue weighted by atomic mass is 9.86. The van der Waals surface area contributed by atoms with Gasteiger partial charge in [-0.1, -0.05) is 137 Å². The molecule has 2 aromatic carbocycles. The Labute approximate surface area is 392 Å². The minimum Gasteiger partial charge on any atom is -0.259 e. The van der Waals surface area contributed by atoms with E-state index in [4.69, 9.17) is 39.9 Å². The Morgan fingerprint density at radius 1 is 0.258 bits per heavy atom. The Morgan fingerprint density at radius 3 is 0.652 bits per heavy atom. The third-order valence-corrected chi connectivity index (χ3v) is 12.5. The van der Waals surface area contributed by atoms with Gasteiger partial charge in [0, 0.05) is 49.6 Å². The maximum absolute atomic E-state index is 5.20. The largest absolute Gasteiger partial charge is 0.259 e. The van der Waals surface area contributed by atoms with Gasteiger partial charge in [0.05, 0.1) is 22.7 Å². The van der Waals surface area contributed by atoms with E-state index in [0.717, 1.165) is 56.1 Å². The molecule has 12 heteroatoms. The van der Waals surface area contributed by atoms with Crippen molar-refractivity contribution in [1.29, 1.82) is 0 Å². The molecule has 0 fully saturated rings. The fourth-order valence-electron chi connectivity index (χ4n) is 7.88. The first-order valence-electron chi connectivity index (χ1n) is 23.1. The van der Waals surface area contributed by atoms with Gasteiger partial charge in [0.1, 0.15) is 0 Å². The first-order valence-corrected chi connectivity index (χ1v) is 23.1. The lowest BCUT2D eigenvalue weighted by Crippen LogP contribution is -2.35. The van der Waals surface area contributed by atoms with Gasteiger partial charge in [-0.05, 0) is 90.1 Å². The maximum Gasteiger partial charge on any atom is 0.235 e. The summed E-state index contributed by atoms with van der Waals surface area (Å²) >= 11 is 0. The first-order chi connectivity index (χ1) is 30.5. The zero-order chi connectivity index (χ0) is 48.1. The quantitative estimate of drug-likeness (QED) is 0.168. The summed E-state index contributed by atoms with van der Waals surface area (Å²) in [6, 6.07) is 13.2. The Kier molecular flexibility index (Phi) is 11.0. The molecule has 0 radical (unpaired) electrons. The molecule has 0 saturated heterocycles. The van der Waals surface area contributed by atoms with E-state index in [2.05, 4.69) is 181 Å². The highest BCUT2D eigenvalue weighted by Crippen LogP contribution is 2.56. The molecule has 6 heterocycles. The van der Waals surface area contributed by atoms with Crippen LogP contribution in [0.1, 0.15) is 158 Å². The second-order valence-electron chi connectivity index (χ2n) is 24.0. The van der Waals surface area contributed by atoms with Crippen LogP contribution in [0.15, 0.2) is 97.6 Å². The summed E-state index contributed by atoms with van der Waals surface area (Å²) in [5.74, 6) is 3.22. The van der Waals surface area contributed by atoms with Gasteiger partial charge in [-0.15, -0.1) is 0 Å². The van der Waals surface area contributed by atoms with Gasteiger partial charge in [-0.3, -0.25) is 19.6 Å². The fourth-order valence-corrected chi connectivity index (χ4v) is 7.88. The van der Waals surface area contributed by atoms with Crippen molar-refractivity contribution in [3.63, 3.8) is 0 Å². The summed E-state index contributed by atoms with van der Waals surface area (Å²) in [5.41, 5.74) is 8.79. The molecule has 0 saturated carbocycles. The van der Waals surface area contributed by atoms with Gasteiger partial charge in [-0.25, -0.2) is 39.9 Å². The molecule has 6 aromatic rings. The zero-order valence-corrected chi connectivity index (χ0v) is 42.4. The van der Waals surface area contributed by atoms with Gasteiger partial charge in [-0.2, -0.15) is 0 Å². The molecule has 0 atom stereocenters. The van der Waals surface area contributed by atoms with E-state index >= 15 is 0 Å². The van der Waals surface area contributed by atoms with Crippen LogP contribution in [0.5, 0.6) is 0 Å². The van der Waals surface area contributed by atoms with E-state index < -0.39 is 0 Å². The molecule has 0 spiro atoms. The molecule has 12 nitrogen and oxygen atoms in total. The zero-order valence-electron chi connectivity index (χ0n) is 42.4. The summed E-state index contributed by atoms with van der Waals surface area (Å²) in [6.45, 7) is 39.5. The molecule has 0 N–H and O–H groups in total. The summed E-state index contributed by atoms with van der Waals surface area (Å²) in [5, 5.41) is 0. The topological polar surface area (TPSA) is 116 Å². The first kappa shape index (κ1) is 46.2. The van der Waals surface area contributed by atoms with Crippen LogP contribution in [-0.4, -0.2) is 39.9 Å². The van der Waals surface area contributed by atoms with E-state index in [0.29, 0.717) is 35.4 Å².